The van der Waals surface area contributed by atoms with Crippen LogP contribution in [0.5, 0.6) is 5.75 Å². The van der Waals surface area contributed by atoms with Crippen LogP contribution in [-0.2, 0) is 6.54 Å². The van der Waals surface area contributed by atoms with E-state index < -0.39 is 11.9 Å². The zero-order valence-electron chi connectivity index (χ0n) is 14.8. The summed E-state index contributed by atoms with van der Waals surface area (Å²) in [5, 5.41) is 22.5. The van der Waals surface area contributed by atoms with Gasteiger partial charge in [-0.15, -0.1) is 0 Å². The van der Waals surface area contributed by atoms with Crippen LogP contribution in [0.2, 0.25) is 0 Å². The van der Waals surface area contributed by atoms with Gasteiger partial charge in [0.05, 0.1) is 23.5 Å². The molecule has 0 fully saturated rings. The fraction of sp³-hybridized carbons (Fsp3) is 0.350. The normalized spacial score (nSPS) is 13.8. The van der Waals surface area contributed by atoms with Crippen molar-refractivity contribution in [2.24, 2.45) is 5.92 Å². The van der Waals surface area contributed by atoms with E-state index in [9.17, 15) is 14.6 Å². The average molecular weight is 357 g/mol. The van der Waals surface area contributed by atoms with E-state index in [1.807, 2.05) is 24.5 Å². The minimum Gasteiger partial charge on any atom is -0.508 e. The summed E-state index contributed by atoms with van der Waals surface area (Å²) in [6, 6.07) is 11.8. The number of halogens is 1. The number of nitrogens with zero attached hydrogens (tertiary/aromatic N) is 2. The van der Waals surface area contributed by atoms with Crippen molar-refractivity contribution in [2.75, 3.05) is 13.1 Å². The van der Waals surface area contributed by atoms with Gasteiger partial charge in [0.15, 0.2) is 0 Å². The highest BCUT2D eigenvalue weighted by Gasteiger charge is 2.13. The van der Waals surface area contributed by atoms with Crippen molar-refractivity contribution in [3.05, 3.63) is 60.2 Å². The lowest BCUT2D eigenvalue weighted by Crippen LogP contribution is -2.27. The van der Waals surface area contributed by atoms with E-state index in [1.54, 1.807) is 0 Å². The van der Waals surface area contributed by atoms with Gasteiger partial charge < -0.3 is 20.1 Å². The van der Waals surface area contributed by atoms with Gasteiger partial charge in [-0.2, -0.15) is 0 Å². The molecular weight excluding hydrogens is 333 g/mol. The fourth-order valence-corrected chi connectivity index (χ4v) is 3.01. The summed E-state index contributed by atoms with van der Waals surface area (Å²) < 4.78 is 15.9. The Labute approximate surface area is 152 Å². The number of aryl methyl sites for hydroxylation is 1. The zero-order chi connectivity index (χ0) is 18.5. The smallest absolute Gasteiger partial charge is 0.132 e. The first-order valence-electron chi connectivity index (χ1n) is 8.81. The molecule has 1 heterocycles. The molecule has 2 atom stereocenters. The second kappa shape index (κ2) is 8.29. The summed E-state index contributed by atoms with van der Waals surface area (Å²) in [4.78, 5) is 4.39. The predicted molar refractivity (Wildman–Crippen MR) is 99.4 cm³/mol. The standard InChI is InChI=1S/C20H24FN3O2/c1-14(8-9-24-13-23-18-4-2-3-5-19(18)24)11-22-12-20(26)16-7-6-15(25)10-17(16)21/h2-7,10,13-14,20,22,25-26H,8-9,11-12H2,1H3. The maximum absolute atomic E-state index is 13.7. The number of hydrogen-bond acceptors (Lipinski definition) is 4. The summed E-state index contributed by atoms with van der Waals surface area (Å²) in [6.07, 6.45) is 1.89. The minimum absolute atomic E-state index is 0.146. The van der Waals surface area contributed by atoms with Crippen LogP contribution in [0, 0.1) is 11.7 Å². The van der Waals surface area contributed by atoms with Crippen LogP contribution in [0.25, 0.3) is 11.0 Å². The van der Waals surface area contributed by atoms with Crippen molar-refractivity contribution in [1.82, 2.24) is 14.9 Å². The van der Waals surface area contributed by atoms with E-state index in [0.29, 0.717) is 5.92 Å². The number of para-hydroxylation sites is 2. The Bertz CT molecular complexity index is 865. The number of phenols is 1. The number of benzene rings is 2. The number of rotatable bonds is 8. The molecule has 1 aromatic heterocycles. The van der Waals surface area contributed by atoms with Crippen LogP contribution >= 0.6 is 0 Å². The molecule has 0 spiro atoms. The van der Waals surface area contributed by atoms with Crippen LogP contribution in [-0.4, -0.2) is 32.9 Å². The van der Waals surface area contributed by atoms with Crippen molar-refractivity contribution in [3.63, 3.8) is 0 Å². The van der Waals surface area contributed by atoms with E-state index in [0.717, 1.165) is 36.6 Å². The van der Waals surface area contributed by atoms with Gasteiger partial charge in [-0.3, -0.25) is 0 Å². The summed E-state index contributed by atoms with van der Waals surface area (Å²) in [5.74, 6) is -0.348. The summed E-state index contributed by atoms with van der Waals surface area (Å²) in [6.45, 7) is 4.00. The van der Waals surface area contributed by atoms with Gasteiger partial charge in [-0.25, -0.2) is 9.37 Å². The highest BCUT2D eigenvalue weighted by molar-refractivity contribution is 5.74. The van der Waals surface area contributed by atoms with E-state index in [1.165, 1.54) is 12.1 Å². The quantitative estimate of drug-likeness (QED) is 0.579. The average Bonchev–Trinajstić information content (AvgIpc) is 3.03. The van der Waals surface area contributed by atoms with Gasteiger partial charge in [0.2, 0.25) is 0 Å². The number of aliphatic hydroxyl groups excluding tert-OH is 1. The molecule has 3 N–H and O–H groups in total. The molecule has 0 saturated carbocycles. The van der Waals surface area contributed by atoms with Gasteiger partial charge in [0.1, 0.15) is 11.6 Å². The maximum atomic E-state index is 13.7. The van der Waals surface area contributed by atoms with Gasteiger partial charge in [-0.1, -0.05) is 19.1 Å². The third kappa shape index (κ3) is 4.39. The minimum atomic E-state index is -0.944. The first-order chi connectivity index (χ1) is 12.5. The van der Waals surface area contributed by atoms with Crippen LogP contribution in [0.3, 0.4) is 0 Å². The zero-order valence-corrected chi connectivity index (χ0v) is 14.8. The second-order valence-corrected chi connectivity index (χ2v) is 6.70. The summed E-state index contributed by atoms with van der Waals surface area (Å²) in [7, 11) is 0. The Morgan fingerprint density at radius 2 is 2.00 bits per heavy atom. The molecule has 0 saturated heterocycles. The fourth-order valence-electron chi connectivity index (χ4n) is 3.01. The lowest BCUT2D eigenvalue weighted by Gasteiger charge is -2.16. The molecule has 3 aromatic rings. The third-order valence-electron chi connectivity index (χ3n) is 4.56. The topological polar surface area (TPSA) is 70.3 Å². The largest absolute Gasteiger partial charge is 0.508 e. The molecule has 2 unspecified atom stereocenters. The number of aliphatic hydroxyl groups is 1. The lowest BCUT2D eigenvalue weighted by atomic mass is 10.1. The van der Waals surface area contributed by atoms with Crippen molar-refractivity contribution >= 4 is 11.0 Å². The number of aromatic nitrogens is 2. The molecule has 0 bridgehead atoms. The number of fused-ring (bicyclic) bond motifs is 1. The predicted octanol–water partition coefficient (Wildman–Crippen LogP) is 3.23. The molecule has 0 aliphatic rings. The van der Waals surface area contributed by atoms with Crippen molar-refractivity contribution in [3.8, 4) is 5.75 Å². The Morgan fingerprint density at radius 3 is 2.81 bits per heavy atom. The molecule has 26 heavy (non-hydrogen) atoms. The molecule has 3 rings (SSSR count). The SMILES string of the molecule is CC(CCn1cnc2ccccc21)CNCC(O)c1ccc(O)cc1F. The molecule has 138 valence electrons. The monoisotopic (exact) mass is 357 g/mol. The molecule has 6 heteroatoms. The van der Waals surface area contributed by atoms with Gasteiger partial charge >= 0.3 is 0 Å². The molecule has 0 radical (unpaired) electrons. The van der Waals surface area contributed by atoms with Gasteiger partial charge in [0.25, 0.3) is 0 Å². The summed E-state index contributed by atoms with van der Waals surface area (Å²) >= 11 is 0. The number of aromatic hydroxyl groups is 1. The van der Waals surface area contributed by atoms with E-state index >= 15 is 0 Å². The molecular formula is C20H24FN3O2. The van der Waals surface area contributed by atoms with Crippen molar-refractivity contribution < 1.29 is 14.6 Å². The van der Waals surface area contributed by atoms with E-state index in [4.69, 9.17) is 0 Å². The number of imidazole rings is 1. The molecule has 5 nitrogen and oxygen atoms in total. The Morgan fingerprint density at radius 1 is 1.19 bits per heavy atom. The second-order valence-electron chi connectivity index (χ2n) is 6.70. The Hall–Kier alpha value is -2.44. The Kier molecular flexibility index (Phi) is 5.85. The first-order valence-corrected chi connectivity index (χ1v) is 8.81. The number of phenolic OH excluding ortho intramolecular Hbond substituents is 1. The summed E-state index contributed by atoms with van der Waals surface area (Å²) in [5.41, 5.74) is 2.32. The number of hydrogen-bond donors (Lipinski definition) is 3. The molecule has 0 aliphatic heterocycles. The van der Waals surface area contributed by atoms with Gasteiger partial charge in [-0.05, 0) is 43.1 Å². The highest BCUT2D eigenvalue weighted by Crippen LogP contribution is 2.21. The molecule has 2 aromatic carbocycles. The van der Waals surface area contributed by atoms with E-state index in [-0.39, 0.29) is 17.9 Å². The van der Waals surface area contributed by atoms with Crippen LogP contribution < -0.4 is 5.32 Å². The first kappa shape index (κ1) is 18.4. The van der Waals surface area contributed by atoms with Crippen LogP contribution in [0.4, 0.5) is 4.39 Å². The number of nitrogens with one attached hydrogen (secondary N) is 1. The van der Waals surface area contributed by atoms with Gasteiger partial charge in [0, 0.05) is 24.7 Å². The lowest BCUT2D eigenvalue weighted by molar-refractivity contribution is 0.168. The van der Waals surface area contributed by atoms with E-state index in [2.05, 4.69) is 27.9 Å². The highest BCUT2D eigenvalue weighted by atomic mass is 19.1. The molecule has 0 aliphatic carbocycles. The van der Waals surface area contributed by atoms with Crippen LogP contribution in [0.15, 0.2) is 48.8 Å². The van der Waals surface area contributed by atoms with Crippen LogP contribution in [0.1, 0.15) is 25.0 Å². The van der Waals surface area contributed by atoms with Crippen molar-refractivity contribution in [1.29, 1.82) is 0 Å². The molecule has 0 amide bonds. The van der Waals surface area contributed by atoms with Crippen molar-refractivity contribution in [2.45, 2.75) is 26.0 Å². The third-order valence-corrected chi connectivity index (χ3v) is 4.56. The Balaban J connectivity index is 1.44. The maximum Gasteiger partial charge on any atom is 0.132 e.